The van der Waals surface area contributed by atoms with E-state index in [0.29, 0.717) is 18.5 Å². The molecule has 1 amide bonds. The second-order valence-electron chi connectivity index (χ2n) is 6.15. The molecule has 22 heavy (non-hydrogen) atoms. The van der Waals surface area contributed by atoms with Gasteiger partial charge in [-0.25, -0.2) is 0 Å². The van der Waals surface area contributed by atoms with Crippen molar-refractivity contribution in [1.29, 1.82) is 0 Å². The number of hydrogen-bond acceptors (Lipinski definition) is 3. The number of carbonyl (C=O) groups is 1. The molecule has 0 aliphatic carbocycles. The number of hydrogen-bond donors (Lipinski definition) is 1. The Bertz CT molecular complexity index is 540. The third kappa shape index (κ3) is 2.95. The van der Waals surface area contributed by atoms with Crippen molar-refractivity contribution in [1.82, 2.24) is 15.2 Å². The minimum Gasteiger partial charge on any atom is -0.339 e. The molecule has 0 radical (unpaired) electrons. The van der Waals surface area contributed by atoms with Crippen molar-refractivity contribution < 1.29 is 18.0 Å². The predicted octanol–water partition coefficient (Wildman–Crippen LogP) is 2.32. The van der Waals surface area contributed by atoms with Gasteiger partial charge in [0.1, 0.15) is 5.69 Å². The van der Waals surface area contributed by atoms with Crippen molar-refractivity contribution in [2.75, 3.05) is 26.2 Å². The van der Waals surface area contributed by atoms with Crippen molar-refractivity contribution in [2.24, 2.45) is 5.41 Å². The van der Waals surface area contributed by atoms with Gasteiger partial charge < -0.3 is 10.2 Å². The van der Waals surface area contributed by atoms with Gasteiger partial charge in [-0.05, 0) is 43.4 Å². The number of nitrogens with zero attached hydrogens (tertiary/aromatic N) is 2. The fourth-order valence-corrected chi connectivity index (χ4v) is 3.28. The highest BCUT2D eigenvalue weighted by Gasteiger charge is 2.38. The Kier molecular flexibility index (Phi) is 3.84. The number of rotatable bonds is 1. The van der Waals surface area contributed by atoms with Crippen molar-refractivity contribution in [3.05, 3.63) is 29.6 Å². The van der Waals surface area contributed by atoms with Gasteiger partial charge in [-0.2, -0.15) is 13.2 Å². The van der Waals surface area contributed by atoms with Crippen molar-refractivity contribution >= 4 is 5.91 Å². The number of amides is 1. The minimum absolute atomic E-state index is 0.216. The lowest BCUT2D eigenvalue weighted by Crippen LogP contribution is -2.44. The fraction of sp³-hybridized carbons (Fsp3) is 0.600. The maximum atomic E-state index is 12.5. The molecule has 0 unspecified atom stereocenters. The third-order valence-corrected chi connectivity index (χ3v) is 4.74. The van der Waals surface area contributed by atoms with Crippen LogP contribution < -0.4 is 5.32 Å². The molecule has 2 aliphatic rings. The lowest BCUT2D eigenvalue weighted by atomic mass is 9.78. The highest BCUT2D eigenvalue weighted by Crippen LogP contribution is 2.37. The summed E-state index contributed by atoms with van der Waals surface area (Å²) in [6, 6.07) is 2.07. The second kappa shape index (κ2) is 5.53. The van der Waals surface area contributed by atoms with Crippen molar-refractivity contribution in [2.45, 2.75) is 25.4 Å². The largest absolute Gasteiger partial charge is 0.433 e. The lowest BCUT2D eigenvalue weighted by molar-refractivity contribution is -0.141. The van der Waals surface area contributed by atoms with E-state index in [1.54, 1.807) is 4.90 Å². The highest BCUT2D eigenvalue weighted by molar-refractivity contribution is 5.94. The first-order valence-electron chi connectivity index (χ1n) is 7.43. The van der Waals surface area contributed by atoms with Gasteiger partial charge in [-0.15, -0.1) is 0 Å². The van der Waals surface area contributed by atoms with Crippen LogP contribution in [0, 0.1) is 5.41 Å². The molecule has 0 aromatic carbocycles. The van der Waals surface area contributed by atoms with E-state index in [0.717, 1.165) is 44.6 Å². The minimum atomic E-state index is -4.48. The molecule has 4 nitrogen and oxygen atoms in total. The Morgan fingerprint density at radius 2 is 1.95 bits per heavy atom. The summed E-state index contributed by atoms with van der Waals surface area (Å²) in [4.78, 5) is 17.4. The topological polar surface area (TPSA) is 45.2 Å². The zero-order valence-corrected chi connectivity index (χ0v) is 12.1. The Morgan fingerprint density at radius 1 is 1.23 bits per heavy atom. The van der Waals surface area contributed by atoms with E-state index >= 15 is 0 Å². The molecule has 1 N–H and O–H groups in total. The molecule has 120 valence electrons. The lowest BCUT2D eigenvalue weighted by Gasteiger charge is -2.38. The molecule has 0 atom stereocenters. The van der Waals surface area contributed by atoms with Gasteiger partial charge in [-0.3, -0.25) is 9.78 Å². The molecule has 0 saturated carbocycles. The van der Waals surface area contributed by atoms with Crippen LogP contribution in [0.4, 0.5) is 13.2 Å². The summed E-state index contributed by atoms with van der Waals surface area (Å²) in [6.07, 6.45) is -0.433. The summed E-state index contributed by atoms with van der Waals surface area (Å²) in [5, 5.41) is 3.36. The maximum Gasteiger partial charge on any atom is 0.433 e. The van der Waals surface area contributed by atoms with Gasteiger partial charge in [0.2, 0.25) is 0 Å². The summed E-state index contributed by atoms with van der Waals surface area (Å²) in [7, 11) is 0. The van der Waals surface area contributed by atoms with Crippen LogP contribution in [0.2, 0.25) is 0 Å². The summed E-state index contributed by atoms with van der Waals surface area (Å²) >= 11 is 0. The molecule has 1 aromatic rings. The van der Waals surface area contributed by atoms with Crippen LogP contribution in [-0.2, 0) is 6.18 Å². The van der Waals surface area contributed by atoms with E-state index in [1.165, 1.54) is 6.07 Å². The predicted molar refractivity (Wildman–Crippen MR) is 74.3 cm³/mol. The highest BCUT2D eigenvalue weighted by atomic mass is 19.4. The van der Waals surface area contributed by atoms with Gasteiger partial charge in [0.15, 0.2) is 0 Å². The van der Waals surface area contributed by atoms with E-state index in [-0.39, 0.29) is 11.5 Å². The number of alkyl halides is 3. The molecule has 2 aliphatic heterocycles. The molecule has 1 spiro atoms. The smallest absolute Gasteiger partial charge is 0.339 e. The molecule has 3 rings (SSSR count). The molecule has 3 heterocycles. The van der Waals surface area contributed by atoms with Crippen LogP contribution in [0.25, 0.3) is 0 Å². The monoisotopic (exact) mass is 313 g/mol. The van der Waals surface area contributed by atoms with Gasteiger partial charge in [0, 0.05) is 25.8 Å². The zero-order chi connectivity index (χ0) is 15.8. The molecule has 2 fully saturated rings. The van der Waals surface area contributed by atoms with Crippen LogP contribution in [0.15, 0.2) is 18.3 Å². The van der Waals surface area contributed by atoms with Gasteiger partial charge >= 0.3 is 6.18 Å². The number of pyridine rings is 1. The third-order valence-electron chi connectivity index (χ3n) is 4.74. The number of aromatic nitrogens is 1. The normalized spacial score (nSPS) is 21.3. The first-order valence-corrected chi connectivity index (χ1v) is 7.43. The number of halogens is 3. The summed E-state index contributed by atoms with van der Waals surface area (Å²) in [5.74, 6) is -0.234. The number of carbonyl (C=O) groups excluding carboxylic acids is 1. The van der Waals surface area contributed by atoms with E-state index in [2.05, 4.69) is 10.3 Å². The van der Waals surface area contributed by atoms with E-state index in [4.69, 9.17) is 0 Å². The zero-order valence-electron chi connectivity index (χ0n) is 12.1. The Morgan fingerprint density at radius 3 is 2.45 bits per heavy atom. The summed E-state index contributed by atoms with van der Waals surface area (Å²) < 4.78 is 37.4. The number of piperidine rings is 1. The van der Waals surface area contributed by atoms with Gasteiger partial charge in [-0.1, -0.05) is 0 Å². The molecule has 2 saturated heterocycles. The molecular weight excluding hydrogens is 295 g/mol. The SMILES string of the molecule is O=C(c1ccc(C(F)(F)F)nc1)N1CCC2(CCNC2)CC1. The molecule has 7 heteroatoms. The number of nitrogens with one attached hydrogen (secondary N) is 1. The standard InChI is InChI=1S/C15H18F3N3O/c16-15(17,18)12-2-1-11(9-20-12)13(22)21-7-4-14(5-8-21)3-6-19-10-14/h1-2,9,19H,3-8,10H2. The Hall–Kier alpha value is -1.63. The summed E-state index contributed by atoms with van der Waals surface area (Å²) in [6.45, 7) is 3.33. The fourth-order valence-electron chi connectivity index (χ4n) is 3.28. The van der Waals surface area contributed by atoms with E-state index in [1.807, 2.05) is 0 Å². The molecule has 0 bridgehead atoms. The van der Waals surface area contributed by atoms with Crippen molar-refractivity contribution in [3.8, 4) is 0 Å². The Labute approximate surface area is 126 Å². The first-order chi connectivity index (χ1) is 10.4. The van der Waals surface area contributed by atoms with Crippen LogP contribution in [0.5, 0.6) is 0 Å². The molecular formula is C15H18F3N3O. The van der Waals surface area contributed by atoms with Crippen LogP contribution >= 0.6 is 0 Å². The second-order valence-corrected chi connectivity index (χ2v) is 6.15. The van der Waals surface area contributed by atoms with E-state index < -0.39 is 11.9 Å². The van der Waals surface area contributed by atoms with Crippen LogP contribution in [0.1, 0.15) is 35.3 Å². The molecule has 1 aromatic heterocycles. The van der Waals surface area contributed by atoms with E-state index in [9.17, 15) is 18.0 Å². The number of likely N-dealkylation sites (tertiary alicyclic amines) is 1. The Balaban J connectivity index is 1.65. The maximum absolute atomic E-state index is 12.5. The van der Waals surface area contributed by atoms with Gasteiger partial charge in [0.05, 0.1) is 5.56 Å². The average molecular weight is 313 g/mol. The quantitative estimate of drug-likeness (QED) is 0.865. The van der Waals surface area contributed by atoms with Gasteiger partial charge in [0.25, 0.3) is 5.91 Å². The average Bonchev–Trinajstić information content (AvgIpc) is 2.95. The summed E-state index contributed by atoms with van der Waals surface area (Å²) in [5.41, 5.74) is -0.456. The first kappa shape index (κ1) is 15.3. The van der Waals surface area contributed by atoms with Crippen LogP contribution in [-0.4, -0.2) is 42.0 Å². The van der Waals surface area contributed by atoms with Crippen molar-refractivity contribution in [3.63, 3.8) is 0 Å². The van der Waals surface area contributed by atoms with Crippen LogP contribution in [0.3, 0.4) is 0 Å².